The molecule has 3 aliphatic rings. The maximum Gasteiger partial charge on any atom is 0.400 e. The molecular weight excluding hydrogens is 279 g/mol. The van der Waals surface area contributed by atoms with E-state index in [2.05, 4.69) is 11.1 Å². The number of hydrogen-bond donors (Lipinski definition) is 0. The molecule has 0 amide bonds. The van der Waals surface area contributed by atoms with E-state index in [4.69, 9.17) is 0 Å². The summed E-state index contributed by atoms with van der Waals surface area (Å²) in [5.74, 6) is -1.69. The molecule has 2 aliphatic heterocycles. The van der Waals surface area contributed by atoms with Crippen LogP contribution in [0.5, 0.6) is 0 Å². The Balaban J connectivity index is 1.98. The topological polar surface area (TPSA) is 39.4 Å². The predicted molar refractivity (Wildman–Crippen MR) is 72.3 cm³/mol. The van der Waals surface area contributed by atoms with Crippen molar-refractivity contribution in [2.45, 2.75) is 51.0 Å². The SMILES string of the molecule is CC1=C(C#N)C2=CC(C(F)(F)F)C=NC2N1C1CCCC1. The highest BCUT2D eigenvalue weighted by atomic mass is 19.4. The molecule has 0 bridgehead atoms. The summed E-state index contributed by atoms with van der Waals surface area (Å²) in [7, 11) is 0. The van der Waals surface area contributed by atoms with Crippen LogP contribution in [0.3, 0.4) is 0 Å². The van der Waals surface area contributed by atoms with Gasteiger partial charge in [-0.25, -0.2) is 0 Å². The van der Waals surface area contributed by atoms with Gasteiger partial charge in [-0.05, 0) is 19.8 Å². The summed E-state index contributed by atoms with van der Waals surface area (Å²) in [4.78, 5) is 6.18. The minimum Gasteiger partial charge on any atom is -0.345 e. The molecule has 0 N–H and O–H groups in total. The Kier molecular flexibility index (Phi) is 3.31. The third-order valence-corrected chi connectivity index (χ3v) is 4.53. The lowest BCUT2D eigenvalue weighted by Crippen LogP contribution is -2.39. The van der Waals surface area contributed by atoms with Crippen molar-refractivity contribution in [3.8, 4) is 6.07 Å². The quantitative estimate of drug-likeness (QED) is 0.742. The normalized spacial score (nSPS) is 29.7. The summed E-state index contributed by atoms with van der Waals surface area (Å²) in [6, 6.07) is 2.35. The molecule has 0 spiro atoms. The van der Waals surface area contributed by atoms with Crippen molar-refractivity contribution in [2.75, 3.05) is 0 Å². The minimum atomic E-state index is -4.35. The van der Waals surface area contributed by atoms with Crippen LogP contribution in [0.4, 0.5) is 13.2 Å². The van der Waals surface area contributed by atoms with Gasteiger partial charge in [-0.3, -0.25) is 4.99 Å². The number of halogens is 3. The number of rotatable bonds is 1. The van der Waals surface area contributed by atoms with Gasteiger partial charge in [0.15, 0.2) is 0 Å². The lowest BCUT2D eigenvalue weighted by molar-refractivity contribution is -0.143. The zero-order chi connectivity index (χ0) is 15.2. The highest BCUT2D eigenvalue weighted by Crippen LogP contribution is 2.43. The molecular formula is C15H16F3N3. The summed E-state index contributed by atoms with van der Waals surface area (Å²) in [6.45, 7) is 1.81. The third kappa shape index (κ3) is 2.25. The number of alkyl halides is 3. The molecule has 2 atom stereocenters. The molecule has 0 saturated heterocycles. The fourth-order valence-electron chi connectivity index (χ4n) is 3.51. The van der Waals surface area contributed by atoms with Gasteiger partial charge in [0.25, 0.3) is 0 Å². The highest BCUT2D eigenvalue weighted by Gasteiger charge is 2.45. The van der Waals surface area contributed by atoms with Crippen molar-refractivity contribution in [2.24, 2.45) is 10.9 Å². The van der Waals surface area contributed by atoms with E-state index in [9.17, 15) is 18.4 Å². The molecule has 3 rings (SSSR count). The number of fused-ring (bicyclic) bond motifs is 1. The number of nitriles is 1. The summed E-state index contributed by atoms with van der Waals surface area (Å²) in [5, 5.41) is 9.32. The molecule has 0 radical (unpaired) electrons. The predicted octanol–water partition coefficient (Wildman–Crippen LogP) is 3.56. The van der Waals surface area contributed by atoms with Crippen LogP contribution in [0.15, 0.2) is 27.9 Å². The summed E-state index contributed by atoms with van der Waals surface area (Å²) in [5.41, 5.74) is 1.55. The van der Waals surface area contributed by atoms with Crippen LogP contribution in [0.25, 0.3) is 0 Å². The van der Waals surface area contributed by atoms with E-state index in [1.54, 1.807) is 0 Å². The van der Waals surface area contributed by atoms with Gasteiger partial charge >= 0.3 is 6.18 Å². The largest absolute Gasteiger partial charge is 0.400 e. The Hall–Kier alpha value is -1.77. The van der Waals surface area contributed by atoms with E-state index in [-0.39, 0.29) is 6.04 Å². The lowest BCUT2D eigenvalue weighted by atomic mass is 9.97. The van der Waals surface area contributed by atoms with Crippen LogP contribution in [0.2, 0.25) is 0 Å². The fourth-order valence-corrected chi connectivity index (χ4v) is 3.51. The van der Waals surface area contributed by atoms with Crippen molar-refractivity contribution in [1.29, 1.82) is 5.26 Å². The maximum absolute atomic E-state index is 12.9. The van der Waals surface area contributed by atoms with Crippen LogP contribution >= 0.6 is 0 Å². The van der Waals surface area contributed by atoms with Crippen LogP contribution in [0, 0.1) is 17.2 Å². The maximum atomic E-state index is 12.9. The Bertz CT molecular complexity index is 574. The van der Waals surface area contributed by atoms with E-state index in [1.807, 2.05) is 11.8 Å². The molecule has 2 heterocycles. The zero-order valence-electron chi connectivity index (χ0n) is 11.7. The Morgan fingerprint density at radius 1 is 1.33 bits per heavy atom. The van der Waals surface area contributed by atoms with E-state index in [0.717, 1.165) is 43.7 Å². The number of nitrogens with zero attached hydrogens (tertiary/aromatic N) is 3. The van der Waals surface area contributed by atoms with Crippen LogP contribution in [-0.2, 0) is 0 Å². The molecule has 21 heavy (non-hydrogen) atoms. The van der Waals surface area contributed by atoms with Gasteiger partial charge in [-0.15, -0.1) is 0 Å². The first-order valence-electron chi connectivity index (χ1n) is 7.15. The Morgan fingerprint density at radius 2 is 2.00 bits per heavy atom. The number of allylic oxidation sites excluding steroid dienone is 2. The van der Waals surface area contributed by atoms with Gasteiger partial charge in [0.1, 0.15) is 18.2 Å². The van der Waals surface area contributed by atoms with Crippen LogP contribution in [0.1, 0.15) is 32.6 Å². The second-order valence-electron chi connectivity index (χ2n) is 5.78. The van der Waals surface area contributed by atoms with Crippen molar-refractivity contribution >= 4 is 6.21 Å². The average molecular weight is 295 g/mol. The smallest absolute Gasteiger partial charge is 0.345 e. The van der Waals surface area contributed by atoms with E-state index >= 15 is 0 Å². The van der Waals surface area contributed by atoms with Gasteiger partial charge < -0.3 is 4.90 Å². The minimum absolute atomic E-state index is 0.281. The summed E-state index contributed by atoms with van der Waals surface area (Å²) in [6.07, 6.45) is 1.61. The van der Waals surface area contributed by atoms with E-state index < -0.39 is 18.3 Å². The first-order valence-corrected chi connectivity index (χ1v) is 7.15. The first kappa shape index (κ1) is 14.2. The molecule has 3 nitrogen and oxygen atoms in total. The number of dihydropyridines is 1. The monoisotopic (exact) mass is 295 g/mol. The van der Waals surface area contributed by atoms with Crippen LogP contribution in [-0.4, -0.2) is 29.5 Å². The van der Waals surface area contributed by atoms with E-state index in [1.165, 1.54) is 0 Å². The van der Waals surface area contributed by atoms with Gasteiger partial charge in [-0.1, -0.05) is 18.9 Å². The summed E-state index contributed by atoms with van der Waals surface area (Å²) < 4.78 is 38.6. The first-order chi connectivity index (χ1) is 9.93. The molecule has 2 unspecified atom stereocenters. The molecule has 0 aromatic rings. The second-order valence-corrected chi connectivity index (χ2v) is 5.78. The van der Waals surface area contributed by atoms with Crippen LogP contribution < -0.4 is 0 Å². The van der Waals surface area contributed by atoms with Crippen molar-refractivity contribution in [3.63, 3.8) is 0 Å². The highest BCUT2D eigenvalue weighted by molar-refractivity contribution is 5.70. The zero-order valence-corrected chi connectivity index (χ0v) is 11.7. The molecule has 1 saturated carbocycles. The van der Waals surface area contributed by atoms with Crippen molar-refractivity contribution in [3.05, 3.63) is 22.9 Å². The number of aliphatic imine (C=N–C) groups is 1. The van der Waals surface area contributed by atoms with Crippen molar-refractivity contribution < 1.29 is 13.2 Å². The number of hydrogen-bond acceptors (Lipinski definition) is 3. The van der Waals surface area contributed by atoms with Gasteiger partial charge in [0.05, 0.1) is 5.57 Å². The lowest BCUT2D eigenvalue weighted by Gasteiger charge is -2.33. The standard InChI is InChI=1S/C15H16F3N3/c1-9-13(7-19)12-6-10(15(16,17)18)8-20-14(12)21(9)11-4-2-3-5-11/h6,8,10-11,14H,2-5H2,1H3. The Morgan fingerprint density at radius 3 is 2.57 bits per heavy atom. The third-order valence-electron chi connectivity index (χ3n) is 4.53. The molecule has 6 heteroatoms. The molecule has 0 aromatic carbocycles. The van der Waals surface area contributed by atoms with Gasteiger partial charge in [0.2, 0.25) is 0 Å². The van der Waals surface area contributed by atoms with Gasteiger partial charge in [-0.2, -0.15) is 18.4 Å². The molecule has 0 aromatic heterocycles. The Labute approximate surface area is 121 Å². The van der Waals surface area contributed by atoms with Gasteiger partial charge in [0, 0.05) is 23.5 Å². The molecule has 1 fully saturated rings. The molecule has 1 aliphatic carbocycles. The average Bonchev–Trinajstić information content (AvgIpc) is 3.01. The van der Waals surface area contributed by atoms with Crippen molar-refractivity contribution in [1.82, 2.24) is 4.90 Å². The summed E-state index contributed by atoms with van der Waals surface area (Å²) >= 11 is 0. The van der Waals surface area contributed by atoms with E-state index in [0.29, 0.717) is 11.1 Å². The second kappa shape index (κ2) is 4.90. The fraction of sp³-hybridized carbons (Fsp3) is 0.600. The molecule has 112 valence electrons.